The average molecular weight is 402 g/mol. The molecule has 2 aliphatic rings. The number of aliphatic hydroxyl groups excluding tert-OH is 1. The second kappa shape index (κ2) is 8.32. The Hall–Kier alpha value is -2.12. The highest BCUT2D eigenvalue weighted by Crippen LogP contribution is 2.48. The predicted octanol–water partition coefficient (Wildman–Crippen LogP) is 2.87. The molecule has 1 aromatic rings. The summed E-state index contributed by atoms with van der Waals surface area (Å²) in [4.78, 5) is 0. The molecule has 1 fully saturated rings. The van der Waals surface area contributed by atoms with E-state index in [2.05, 4.69) is 20.4 Å². The number of hydrogen-bond donors (Lipinski definition) is 2. The lowest BCUT2D eigenvalue weighted by molar-refractivity contribution is -0.300. The fraction of sp³-hybridized carbons (Fsp3) is 0.478. The van der Waals surface area contributed by atoms with Gasteiger partial charge in [-0.15, -0.1) is 0 Å². The smallest absolute Gasteiger partial charge is 0.197 e. The van der Waals surface area contributed by atoms with Crippen molar-refractivity contribution in [1.82, 2.24) is 0 Å². The lowest BCUT2D eigenvalue weighted by Gasteiger charge is -2.47. The van der Waals surface area contributed by atoms with Crippen LogP contribution in [0.1, 0.15) is 13.8 Å². The monoisotopic (exact) mass is 402 g/mol. The number of methoxy groups -OCH3 is 1. The number of benzene rings is 1. The van der Waals surface area contributed by atoms with E-state index in [-0.39, 0.29) is 18.6 Å². The number of rotatable bonds is 7. The summed E-state index contributed by atoms with van der Waals surface area (Å²) < 4.78 is 23.3. The minimum Gasteiger partial charge on any atom is -0.497 e. The molecule has 0 aromatic heterocycles. The molecule has 6 nitrogen and oxygen atoms in total. The molecule has 29 heavy (non-hydrogen) atoms. The zero-order valence-electron chi connectivity index (χ0n) is 17.3. The third-order valence-corrected chi connectivity index (χ3v) is 5.30. The van der Waals surface area contributed by atoms with Crippen LogP contribution >= 0.6 is 0 Å². The largest absolute Gasteiger partial charge is 0.497 e. The minimum absolute atomic E-state index is 0.0349. The Morgan fingerprint density at radius 2 is 1.79 bits per heavy atom. The van der Waals surface area contributed by atoms with Crippen LogP contribution in [0.5, 0.6) is 11.5 Å². The zero-order chi connectivity index (χ0) is 21.1. The fourth-order valence-electron chi connectivity index (χ4n) is 3.74. The number of aliphatic hydroxyl groups is 2. The molecular weight excluding hydrogens is 372 g/mol. The lowest BCUT2D eigenvalue weighted by atomic mass is 9.80. The third-order valence-electron chi connectivity index (χ3n) is 5.30. The maximum absolute atomic E-state index is 11.5. The van der Waals surface area contributed by atoms with E-state index < -0.39 is 17.3 Å². The Balaban J connectivity index is 1.86. The van der Waals surface area contributed by atoms with Crippen LogP contribution in [0.3, 0.4) is 0 Å². The first-order chi connectivity index (χ1) is 13.8. The Morgan fingerprint density at radius 3 is 2.34 bits per heavy atom. The van der Waals surface area contributed by atoms with Crippen LogP contribution in [-0.2, 0) is 9.47 Å². The van der Waals surface area contributed by atoms with Crippen LogP contribution in [0.15, 0.2) is 60.7 Å². The highest BCUT2D eigenvalue weighted by atomic mass is 16.7. The van der Waals surface area contributed by atoms with Gasteiger partial charge >= 0.3 is 0 Å². The van der Waals surface area contributed by atoms with Crippen LogP contribution in [-0.4, -0.2) is 55.1 Å². The highest BCUT2D eigenvalue weighted by molar-refractivity contribution is 5.35. The van der Waals surface area contributed by atoms with Gasteiger partial charge < -0.3 is 29.2 Å². The molecule has 0 amide bonds. The maximum Gasteiger partial charge on any atom is 0.197 e. The van der Waals surface area contributed by atoms with E-state index in [9.17, 15) is 10.2 Å². The van der Waals surface area contributed by atoms with Gasteiger partial charge in [0.25, 0.3) is 0 Å². The van der Waals surface area contributed by atoms with Gasteiger partial charge in [-0.1, -0.05) is 32.6 Å². The van der Waals surface area contributed by atoms with Crippen LogP contribution in [0.2, 0.25) is 0 Å². The lowest BCUT2D eigenvalue weighted by Crippen LogP contribution is -2.56. The first-order valence-electron chi connectivity index (χ1n) is 9.67. The topological polar surface area (TPSA) is 77.4 Å². The molecule has 1 aliphatic carbocycles. The van der Waals surface area contributed by atoms with Crippen molar-refractivity contribution in [3.05, 3.63) is 60.7 Å². The Morgan fingerprint density at radius 1 is 1.17 bits per heavy atom. The van der Waals surface area contributed by atoms with Crippen molar-refractivity contribution < 1.29 is 29.2 Å². The second-order valence-electron chi connectivity index (χ2n) is 8.32. The van der Waals surface area contributed by atoms with E-state index in [1.807, 2.05) is 0 Å². The number of hydrogen-bond acceptors (Lipinski definition) is 6. The van der Waals surface area contributed by atoms with Gasteiger partial charge in [-0.25, -0.2) is 0 Å². The van der Waals surface area contributed by atoms with Crippen molar-refractivity contribution in [2.75, 3.05) is 33.5 Å². The Labute approximate surface area is 172 Å². The number of ether oxygens (including phenoxy) is 4. The van der Waals surface area contributed by atoms with Gasteiger partial charge in [-0.05, 0) is 42.0 Å². The molecule has 1 heterocycles. The van der Waals surface area contributed by atoms with Crippen LogP contribution in [0, 0.1) is 11.3 Å². The van der Waals surface area contributed by atoms with Crippen molar-refractivity contribution in [2.45, 2.75) is 25.2 Å². The molecule has 2 atom stereocenters. The average Bonchev–Trinajstić information content (AvgIpc) is 3.00. The first-order valence-corrected chi connectivity index (χ1v) is 9.67. The van der Waals surface area contributed by atoms with E-state index in [1.54, 1.807) is 55.7 Å². The molecule has 0 unspecified atom stereocenters. The molecule has 0 radical (unpaired) electrons. The van der Waals surface area contributed by atoms with Crippen LogP contribution in [0.25, 0.3) is 0 Å². The molecule has 158 valence electrons. The van der Waals surface area contributed by atoms with Crippen molar-refractivity contribution in [1.29, 1.82) is 0 Å². The Bertz CT molecular complexity index is 769. The quantitative estimate of drug-likeness (QED) is 0.540. The van der Waals surface area contributed by atoms with Gasteiger partial charge in [0.1, 0.15) is 23.7 Å². The van der Waals surface area contributed by atoms with Gasteiger partial charge in [0.05, 0.1) is 32.8 Å². The van der Waals surface area contributed by atoms with E-state index >= 15 is 0 Å². The standard InChI is InChI=1S/C23H30O6/c1-5-6-17(13-24)20-22(25,16-27-19-9-7-18(26-4)8-10-19)11-12-23(20)28-14-21(2,3)15-29-23/h5-12,20,24-25H,1,13-16H2,2-4H3/b17-6-/t20-,22+/m0/s1. The summed E-state index contributed by atoms with van der Waals surface area (Å²) in [5.41, 5.74) is -1.00. The summed E-state index contributed by atoms with van der Waals surface area (Å²) in [7, 11) is 1.60. The molecule has 1 spiro atoms. The molecule has 0 bridgehead atoms. The van der Waals surface area contributed by atoms with Gasteiger partial charge in [0, 0.05) is 5.41 Å². The van der Waals surface area contributed by atoms with Crippen molar-refractivity contribution in [3.8, 4) is 11.5 Å². The maximum atomic E-state index is 11.5. The molecule has 6 heteroatoms. The zero-order valence-corrected chi connectivity index (χ0v) is 17.3. The summed E-state index contributed by atoms with van der Waals surface area (Å²) in [6.45, 7) is 8.47. The molecule has 1 saturated heterocycles. The van der Waals surface area contributed by atoms with Crippen molar-refractivity contribution in [3.63, 3.8) is 0 Å². The van der Waals surface area contributed by atoms with Gasteiger partial charge in [-0.2, -0.15) is 0 Å². The summed E-state index contributed by atoms with van der Waals surface area (Å²) in [5.74, 6) is -0.522. The molecule has 1 aromatic carbocycles. The normalized spacial score (nSPS) is 27.8. The van der Waals surface area contributed by atoms with Crippen LogP contribution in [0.4, 0.5) is 0 Å². The van der Waals surface area contributed by atoms with Crippen molar-refractivity contribution >= 4 is 0 Å². The first kappa shape index (κ1) is 21.6. The molecule has 3 rings (SSSR count). The van der Waals surface area contributed by atoms with E-state index in [1.165, 1.54) is 0 Å². The minimum atomic E-state index is -1.43. The SMILES string of the molecule is C=C/C=C(/CO)[C@@H]1C2(C=C[C@@]1(O)COc1ccc(OC)cc1)OCC(C)(C)CO2. The van der Waals surface area contributed by atoms with Gasteiger partial charge in [0.2, 0.25) is 0 Å². The fourth-order valence-corrected chi connectivity index (χ4v) is 3.74. The molecule has 1 aliphatic heterocycles. The van der Waals surface area contributed by atoms with E-state index in [4.69, 9.17) is 18.9 Å². The van der Waals surface area contributed by atoms with E-state index in [0.717, 1.165) is 5.75 Å². The summed E-state index contributed by atoms with van der Waals surface area (Å²) >= 11 is 0. The van der Waals surface area contributed by atoms with Crippen LogP contribution < -0.4 is 9.47 Å². The van der Waals surface area contributed by atoms with E-state index in [0.29, 0.717) is 24.5 Å². The van der Waals surface area contributed by atoms with Gasteiger partial charge in [-0.3, -0.25) is 0 Å². The number of allylic oxidation sites excluding steroid dienone is 2. The second-order valence-corrected chi connectivity index (χ2v) is 8.32. The highest BCUT2D eigenvalue weighted by Gasteiger charge is 2.58. The predicted molar refractivity (Wildman–Crippen MR) is 110 cm³/mol. The molecule has 2 N–H and O–H groups in total. The Kier molecular flexibility index (Phi) is 6.19. The summed E-state index contributed by atoms with van der Waals surface area (Å²) in [6.07, 6.45) is 6.64. The third kappa shape index (κ3) is 4.41. The summed E-state index contributed by atoms with van der Waals surface area (Å²) in [5, 5.41) is 21.5. The summed E-state index contributed by atoms with van der Waals surface area (Å²) in [6, 6.07) is 7.12. The van der Waals surface area contributed by atoms with Crippen molar-refractivity contribution in [2.24, 2.45) is 11.3 Å². The molecule has 0 saturated carbocycles. The van der Waals surface area contributed by atoms with Gasteiger partial charge in [0.15, 0.2) is 5.79 Å². The molecular formula is C23H30O6.